The highest BCUT2D eigenvalue weighted by Gasteiger charge is 2.37. The van der Waals surface area contributed by atoms with Crippen LogP contribution in [0.25, 0.3) is 0 Å². The van der Waals surface area contributed by atoms with E-state index < -0.39 is 11.7 Å². The molecule has 0 bridgehead atoms. The molecule has 0 amide bonds. The normalized spacial score (nSPS) is 21.2. The largest absolute Gasteiger partial charge is 0.390 e. The summed E-state index contributed by atoms with van der Waals surface area (Å²) < 4.78 is 0. The predicted octanol–water partition coefficient (Wildman–Crippen LogP) is 3.40. The third-order valence-corrected chi connectivity index (χ3v) is 3.92. The molecule has 0 spiro atoms. The highest BCUT2D eigenvalue weighted by Crippen LogP contribution is 2.34. The lowest BCUT2D eigenvalue weighted by Gasteiger charge is -2.28. The van der Waals surface area contributed by atoms with Crippen LogP contribution in [0.15, 0.2) is 0 Å². The van der Waals surface area contributed by atoms with E-state index in [2.05, 4.69) is 6.92 Å². The summed E-state index contributed by atoms with van der Waals surface area (Å²) >= 11 is 0. The van der Waals surface area contributed by atoms with Gasteiger partial charge in [-0.1, -0.05) is 58.3 Å². The van der Waals surface area contributed by atoms with Gasteiger partial charge in [0.15, 0.2) is 0 Å². The number of hydrogen-bond acceptors (Lipinski definition) is 2. The summed E-state index contributed by atoms with van der Waals surface area (Å²) in [6, 6.07) is 0. The SMILES string of the molecule is CCCCCCCCC(O)C1(O)CCCC1. The van der Waals surface area contributed by atoms with Crippen LogP contribution in [-0.4, -0.2) is 21.9 Å². The van der Waals surface area contributed by atoms with Crippen LogP contribution in [0.4, 0.5) is 0 Å². The second-order valence-electron chi connectivity index (χ2n) is 5.38. The summed E-state index contributed by atoms with van der Waals surface area (Å²) in [5.41, 5.74) is -0.747. The van der Waals surface area contributed by atoms with E-state index in [0.717, 1.165) is 38.5 Å². The molecule has 0 aromatic carbocycles. The highest BCUT2D eigenvalue weighted by atomic mass is 16.3. The van der Waals surface area contributed by atoms with Crippen molar-refractivity contribution in [3.05, 3.63) is 0 Å². The van der Waals surface area contributed by atoms with Crippen molar-refractivity contribution in [2.45, 2.75) is 89.3 Å². The Morgan fingerprint density at radius 1 is 1.00 bits per heavy atom. The van der Waals surface area contributed by atoms with Crippen LogP contribution < -0.4 is 0 Å². The molecule has 0 aromatic rings. The molecule has 0 aliphatic heterocycles. The maximum Gasteiger partial charge on any atom is 0.0905 e. The molecule has 0 saturated heterocycles. The molecule has 0 aromatic heterocycles. The van der Waals surface area contributed by atoms with Crippen molar-refractivity contribution in [1.82, 2.24) is 0 Å². The maximum atomic E-state index is 10.2. The second kappa shape index (κ2) is 7.29. The van der Waals surface area contributed by atoms with E-state index >= 15 is 0 Å². The minimum atomic E-state index is -0.747. The van der Waals surface area contributed by atoms with Crippen molar-refractivity contribution < 1.29 is 10.2 Å². The van der Waals surface area contributed by atoms with Crippen LogP contribution in [0, 0.1) is 0 Å². The summed E-state index contributed by atoms with van der Waals surface area (Å²) in [5.74, 6) is 0. The molecule has 1 rings (SSSR count). The quantitative estimate of drug-likeness (QED) is 0.625. The van der Waals surface area contributed by atoms with Gasteiger partial charge in [-0.2, -0.15) is 0 Å². The Morgan fingerprint density at radius 2 is 1.56 bits per heavy atom. The Bertz CT molecular complexity index is 174. The van der Waals surface area contributed by atoms with E-state index in [1.165, 1.54) is 32.1 Å². The molecule has 2 nitrogen and oxygen atoms in total. The number of hydrogen-bond donors (Lipinski definition) is 2. The third kappa shape index (κ3) is 4.42. The predicted molar refractivity (Wildman–Crippen MR) is 67.4 cm³/mol. The molecule has 16 heavy (non-hydrogen) atoms. The van der Waals surface area contributed by atoms with Gasteiger partial charge in [0.2, 0.25) is 0 Å². The van der Waals surface area contributed by atoms with Crippen molar-refractivity contribution >= 4 is 0 Å². The standard InChI is InChI=1S/C14H28O2/c1-2-3-4-5-6-7-10-13(15)14(16)11-8-9-12-14/h13,15-16H,2-12H2,1H3. The zero-order chi connectivity index (χ0) is 11.9. The number of rotatable bonds is 8. The third-order valence-electron chi connectivity index (χ3n) is 3.92. The molecule has 0 heterocycles. The molecule has 96 valence electrons. The van der Waals surface area contributed by atoms with Crippen LogP contribution in [0.1, 0.15) is 77.6 Å². The Hall–Kier alpha value is -0.0800. The average Bonchev–Trinajstić information content (AvgIpc) is 2.71. The van der Waals surface area contributed by atoms with Gasteiger partial charge in [0.05, 0.1) is 11.7 Å². The van der Waals surface area contributed by atoms with Gasteiger partial charge in [-0.25, -0.2) is 0 Å². The fourth-order valence-corrected chi connectivity index (χ4v) is 2.71. The van der Waals surface area contributed by atoms with Gasteiger partial charge in [0.1, 0.15) is 0 Å². The first-order valence-corrected chi connectivity index (χ1v) is 7.09. The molecule has 1 unspecified atom stereocenters. The van der Waals surface area contributed by atoms with Crippen LogP contribution in [0.5, 0.6) is 0 Å². The molecule has 0 radical (unpaired) electrons. The van der Waals surface area contributed by atoms with Crippen molar-refractivity contribution in [3.8, 4) is 0 Å². The molecule has 1 fully saturated rings. The minimum absolute atomic E-state index is 0.485. The van der Waals surface area contributed by atoms with Gasteiger partial charge in [-0.3, -0.25) is 0 Å². The summed E-state index contributed by atoms with van der Waals surface area (Å²) in [6.07, 6.45) is 11.5. The number of aliphatic hydroxyl groups excluding tert-OH is 1. The first kappa shape index (κ1) is 14.0. The van der Waals surface area contributed by atoms with E-state index in [1.54, 1.807) is 0 Å². The van der Waals surface area contributed by atoms with Gasteiger partial charge >= 0.3 is 0 Å². The van der Waals surface area contributed by atoms with E-state index in [1.807, 2.05) is 0 Å². The summed E-state index contributed by atoms with van der Waals surface area (Å²) in [6.45, 7) is 2.22. The van der Waals surface area contributed by atoms with E-state index in [9.17, 15) is 10.2 Å². The van der Waals surface area contributed by atoms with Crippen molar-refractivity contribution in [2.75, 3.05) is 0 Å². The topological polar surface area (TPSA) is 40.5 Å². The second-order valence-corrected chi connectivity index (χ2v) is 5.38. The lowest BCUT2D eigenvalue weighted by atomic mass is 9.91. The summed E-state index contributed by atoms with van der Waals surface area (Å²) in [5, 5.41) is 20.1. The summed E-state index contributed by atoms with van der Waals surface area (Å²) in [7, 11) is 0. The molecule has 1 atom stereocenters. The Balaban J connectivity index is 2.03. The lowest BCUT2D eigenvalue weighted by Crippen LogP contribution is -2.39. The lowest BCUT2D eigenvalue weighted by molar-refractivity contribution is -0.0736. The molecular weight excluding hydrogens is 200 g/mol. The average molecular weight is 228 g/mol. The van der Waals surface area contributed by atoms with Gasteiger partial charge in [-0.05, 0) is 19.3 Å². The van der Waals surface area contributed by atoms with Gasteiger partial charge < -0.3 is 10.2 Å². The monoisotopic (exact) mass is 228 g/mol. The molecule has 2 heteroatoms. The van der Waals surface area contributed by atoms with Crippen LogP contribution in [0.2, 0.25) is 0 Å². The van der Waals surface area contributed by atoms with Crippen LogP contribution >= 0.6 is 0 Å². The van der Waals surface area contributed by atoms with Crippen molar-refractivity contribution in [1.29, 1.82) is 0 Å². The molecule has 2 N–H and O–H groups in total. The minimum Gasteiger partial charge on any atom is -0.390 e. The van der Waals surface area contributed by atoms with E-state index in [4.69, 9.17) is 0 Å². The van der Waals surface area contributed by atoms with Gasteiger partial charge in [0, 0.05) is 0 Å². The zero-order valence-electron chi connectivity index (χ0n) is 10.7. The molecule has 1 saturated carbocycles. The van der Waals surface area contributed by atoms with Gasteiger partial charge in [-0.15, -0.1) is 0 Å². The fraction of sp³-hybridized carbons (Fsp3) is 1.00. The Kier molecular flexibility index (Phi) is 6.37. The molecular formula is C14H28O2. The van der Waals surface area contributed by atoms with Crippen molar-refractivity contribution in [3.63, 3.8) is 0 Å². The van der Waals surface area contributed by atoms with Gasteiger partial charge in [0.25, 0.3) is 0 Å². The Labute approximate surface area is 100 Å². The first-order valence-electron chi connectivity index (χ1n) is 7.09. The maximum absolute atomic E-state index is 10.2. The molecule has 1 aliphatic carbocycles. The van der Waals surface area contributed by atoms with Crippen molar-refractivity contribution in [2.24, 2.45) is 0 Å². The van der Waals surface area contributed by atoms with Crippen LogP contribution in [-0.2, 0) is 0 Å². The zero-order valence-corrected chi connectivity index (χ0v) is 10.7. The van der Waals surface area contributed by atoms with E-state index in [0.29, 0.717) is 0 Å². The molecule has 1 aliphatic rings. The summed E-state index contributed by atoms with van der Waals surface area (Å²) in [4.78, 5) is 0. The smallest absolute Gasteiger partial charge is 0.0905 e. The Morgan fingerprint density at radius 3 is 2.19 bits per heavy atom. The van der Waals surface area contributed by atoms with Crippen LogP contribution in [0.3, 0.4) is 0 Å². The van der Waals surface area contributed by atoms with E-state index in [-0.39, 0.29) is 0 Å². The number of aliphatic hydroxyl groups is 2. The fourth-order valence-electron chi connectivity index (χ4n) is 2.71. The first-order chi connectivity index (χ1) is 7.69. The number of unbranched alkanes of at least 4 members (excludes halogenated alkanes) is 5. The highest BCUT2D eigenvalue weighted by molar-refractivity contribution is 4.90.